The van der Waals surface area contributed by atoms with E-state index in [0.29, 0.717) is 17.9 Å². The number of amides is 1. The zero-order chi connectivity index (χ0) is 14.1. The highest BCUT2D eigenvalue weighted by atomic mass is 16.2. The van der Waals surface area contributed by atoms with Crippen molar-refractivity contribution in [2.45, 2.75) is 57.5 Å². The highest BCUT2D eigenvalue weighted by Gasteiger charge is 2.37. The summed E-state index contributed by atoms with van der Waals surface area (Å²) in [6, 6.07) is 0.679. The van der Waals surface area contributed by atoms with Gasteiger partial charge in [0.05, 0.1) is 5.92 Å². The molecule has 2 saturated heterocycles. The van der Waals surface area contributed by atoms with E-state index in [1.54, 1.807) is 0 Å². The lowest BCUT2D eigenvalue weighted by molar-refractivity contribution is -0.138. The summed E-state index contributed by atoms with van der Waals surface area (Å²) in [6.07, 6.45) is 7.02. The van der Waals surface area contributed by atoms with Crippen LogP contribution in [0.25, 0.3) is 0 Å². The van der Waals surface area contributed by atoms with Gasteiger partial charge in [-0.25, -0.2) is 0 Å². The standard InChI is InChI=1S/C16H29N3O/c1-12-5-2-7-14(15(12)17)16(20)19-10-4-9-18-8-3-6-13(18)11-19/h12-15H,2-11,17H2,1H3. The second-order valence-electron chi connectivity index (χ2n) is 7.06. The van der Waals surface area contributed by atoms with Crippen LogP contribution in [0.5, 0.6) is 0 Å². The number of hydrogen-bond acceptors (Lipinski definition) is 3. The molecule has 2 aliphatic heterocycles. The first kappa shape index (κ1) is 14.3. The van der Waals surface area contributed by atoms with Gasteiger partial charge in [0.1, 0.15) is 0 Å². The third-order valence-electron chi connectivity index (χ3n) is 5.73. The van der Waals surface area contributed by atoms with Crippen LogP contribution in [-0.2, 0) is 4.79 Å². The first-order valence-corrected chi connectivity index (χ1v) is 8.45. The predicted octanol–water partition coefficient (Wildman–Crippen LogP) is 1.45. The summed E-state index contributed by atoms with van der Waals surface area (Å²) < 4.78 is 0. The molecular weight excluding hydrogens is 250 g/mol. The van der Waals surface area contributed by atoms with Crippen molar-refractivity contribution in [3.63, 3.8) is 0 Å². The molecule has 0 bridgehead atoms. The van der Waals surface area contributed by atoms with Crippen molar-refractivity contribution < 1.29 is 4.79 Å². The van der Waals surface area contributed by atoms with Crippen molar-refractivity contribution in [1.82, 2.24) is 9.80 Å². The second-order valence-corrected chi connectivity index (χ2v) is 7.06. The Bertz CT molecular complexity index is 360. The molecule has 4 heteroatoms. The third kappa shape index (κ3) is 2.73. The lowest BCUT2D eigenvalue weighted by Crippen LogP contribution is -2.50. The van der Waals surface area contributed by atoms with Crippen LogP contribution in [0.15, 0.2) is 0 Å². The maximum absolute atomic E-state index is 12.9. The molecule has 1 aliphatic carbocycles. The summed E-state index contributed by atoms with van der Waals surface area (Å²) >= 11 is 0. The summed E-state index contributed by atoms with van der Waals surface area (Å²) in [5, 5.41) is 0. The number of carbonyl (C=O) groups is 1. The number of fused-ring (bicyclic) bond motifs is 1. The van der Waals surface area contributed by atoms with Gasteiger partial charge in [-0.15, -0.1) is 0 Å². The number of nitrogens with two attached hydrogens (primary N) is 1. The Kier molecular flexibility index (Phi) is 4.32. The van der Waals surface area contributed by atoms with Crippen molar-refractivity contribution in [3.05, 3.63) is 0 Å². The molecular formula is C16H29N3O. The van der Waals surface area contributed by atoms with E-state index in [2.05, 4.69) is 16.7 Å². The van der Waals surface area contributed by atoms with E-state index in [4.69, 9.17) is 5.73 Å². The Morgan fingerprint density at radius 2 is 1.85 bits per heavy atom. The molecule has 20 heavy (non-hydrogen) atoms. The molecule has 3 fully saturated rings. The van der Waals surface area contributed by atoms with Gasteiger partial charge in [0.25, 0.3) is 0 Å². The Labute approximate surface area is 122 Å². The molecule has 0 spiro atoms. The van der Waals surface area contributed by atoms with Crippen molar-refractivity contribution >= 4 is 5.91 Å². The quantitative estimate of drug-likeness (QED) is 0.790. The fraction of sp³-hybridized carbons (Fsp3) is 0.938. The first-order chi connectivity index (χ1) is 9.66. The molecule has 4 unspecified atom stereocenters. The number of rotatable bonds is 1. The van der Waals surface area contributed by atoms with Gasteiger partial charge in [-0.3, -0.25) is 9.69 Å². The highest BCUT2D eigenvalue weighted by molar-refractivity contribution is 5.79. The molecule has 4 nitrogen and oxygen atoms in total. The van der Waals surface area contributed by atoms with Crippen molar-refractivity contribution in [3.8, 4) is 0 Å². The fourth-order valence-electron chi connectivity index (χ4n) is 4.37. The second kappa shape index (κ2) is 6.02. The van der Waals surface area contributed by atoms with E-state index in [1.807, 2.05) is 0 Å². The molecule has 0 aromatic rings. The van der Waals surface area contributed by atoms with Gasteiger partial charge in [-0.1, -0.05) is 13.3 Å². The molecule has 2 N–H and O–H groups in total. The lowest BCUT2D eigenvalue weighted by atomic mass is 9.77. The SMILES string of the molecule is CC1CCCC(C(=O)N2CCCN3CCCC3C2)C1N. The molecule has 0 aromatic carbocycles. The van der Waals surface area contributed by atoms with Crippen LogP contribution in [0, 0.1) is 11.8 Å². The minimum absolute atomic E-state index is 0.0687. The van der Waals surface area contributed by atoms with E-state index in [1.165, 1.54) is 32.4 Å². The molecule has 0 aromatic heterocycles. The average molecular weight is 279 g/mol. The fourth-order valence-corrected chi connectivity index (χ4v) is 4.37. The van der Waals surface area contributed by atoms with Crippen LogP contribution >= 0.6 is 0 Å². The van der Waals surface area contributed by atoms with Crippen LogP contribution in [0.2, 0.25) is 0 Å². The Morgan fingerprint density at radius 3 is 2.70 bits per heavy atom. The zero-order valence-electron chi connectivity index (χ0n) is 12.8. The predicted molar refractivity (Wildman–Crippen MR) is 80.3 cm³/mol. The van der Waals surface area contributed by atoms with Gasteiger partial charge in [0.15, 0.2) is 0 Å². The van der Waals surface area contributed by atoms with Crippen molar-refractivity contribution in [2.75, 3.05) is 26.2 Å². The maximum atomic E-state index is 12.9. The Hall–Kier alpha value is -0.610. The highest BCUT2D eigenvalue weighted by Crippen LogP contribution is 2.30. The summed E-state index contributed by atoms with van der Waals surface area (Å²) in [5.41, 5.74) is 6.32. The minimum atomic E-state index is 0.0687. The van der Waals surface area contributed by atoms with Crippen molar-refractivity contribution in [1.29, 1.82) is 0 Å². The van der Waals surface area contributed by atoms with Crippen LogP contribution in [0.3, 0.4) is 0 Å². The first-order valence-electron chi connectivity index (χ1n) is 8.45. The number of nitrogens with zero attached hydrogens (tertiary/aromatic N) is 2. The van der Waals surface area contributed by atoms with Gasteiger partial charge in [-0.2, -0.15) is 0 Å². The largest absolute Gasteiger partial charge is 0.341 e. The molecule has 114 valence electrons. The van der Waals surface area contributed by atoms with Crippen LogP contribution < -0.4 is 5.73 Å². The van der Waals surface area contributed by atoms with Gasteiger partial charge in [0.2, 0.25) is 5.91 Å². The monoisotopic (exact) mass is 279 g/mol. The summed E-state index contributed by atoms with van der Waals surface area (Å²) in [5.74, 6) is 0.914. The van der Waals surface area contributed by atoms with Gasteiger partial charge in [0, 0.05) is 31.7 Å². The molecule has 2 heterocycles. The van der Waals surface area contributed by atoms with Crippen LogP contribution in [0.4, 0.5) is 0 Å². The molecule has 1 saturated carbocycles. The summed E-state index contributed by atoms with van der Waals surface area (Å²) in [7, 11) is 0. The number of hydrogen-bond donors (Lipinski definition) is 1. The van der Waals surface area contributed by atoms with E-state index in [-0.39, 0.29) is 12.0 Å². The molecule has 1 amide bonds. The van der Waals surface area contributed by atoms with Gasteiger partial charge < -0.3 is 10.6 Å². The van der Waals surface area contributed by atoms with Crippen LogP contribution in [0.1, 0.15) is 45.4 Å². The number of carbonyl (C=O) groups excluding carboxylic acids is 1. The zero-order valence-corrected chi connectivity index (χ0v) is 12.8. The normalized spacial score (nSPS) is 39.4. The average Bonchev–Trinajstić information content (AvgIpc) is 2.78. The van der Waals surface area contributed by atoms with Crippen LogP contribution in [-0.4, -0.2) is 54.0 Å². The Morgan fingerprint density at radius 1 is 1.05 bits per heavy atom. The summed E-state index contributed by atoms with van der Waals surface area (Å²) in [6.45, 7) is 6.47. The topological polar surface area (TPSA) is 49.6 Å². The maximum Gasteiger partial charge on any atom is 0.227 e. The molecule has 3 aliphatic rings. The van der Waals surface area contributed by atoms with Crippen molar-refractivity contribution in [2.24, 2.45) is 17.6 Å². The molecule has 0 radical (unpaired) electrons. The molecule has 3 rings (SSSR count). The van der Waals surface area contributed by atoms with E-state index >= 15 is 0 Å². The van der Waals surface area contributed by atoms with Gasteiger partial charge in [-0.05, 0) is 44.6 Å². The molecule has 4 atom stereocenters. The summed E-state index contributed by atoms with van der Waals surface area (Å²) in [4.78, 5) is 17.6. The van der Waals surface area contributed by atoms with E-state index < -0.39 is 0 Å². The minimum Gasteiger partial charge on any atom is -0.341 e. The van der Waals surface area contributed by atoms with Gasteiger partial charge >= 0.3 is 0 Å². The third-order valence-corrected chi connectivity index (χ3v) is 5.73. The lowest BCUT2D eigenvalue weighted by Gasteiger charge is -2.36. The van der Waals surface area contributed by atoms with E-state index in [0.717, 1.165) is 32.4 Å². The van der Waals surface area contributed by atoms with E-state index in [9.17, 15) is 4.79 Å². The smallest absolute Gasteiger partial charge is 0.227 e. The Balaban J connectivity index is 1.66.